The average molecular weight is 1410 g/mol. The highest BCUT2D eigenvalue weighted by Crippen LogP contribution is 2.45. The number of hydrogen-bond donors (Lipinski definition) is 3. The molecular weight excluding hydrogens is 1260 g/mol. The Morgan fingerprint density at radius 2 is 0.562 bits per heavy atom. The Kier molecular flexibility index (Phi) is 67.8. The van der Waals surface area contributed by atoms with Gasteiger partial charge in [0.05, 0.1) is 26.4 Å². The summed E-state index contributed by atoms with van der Waals surface area (Å²) < 4.78 is 68.4. The highest BCUT2D eigenvalue weighted by atomic mass is 31.2. The molecule has 2 unspecified atom stereocenters. The summed E-state index contributed by atoms with van der Waals surface area (Å²) in [6.07, 6.45) is 62.0. The van der Waals surface area contributed by atoms with Crippen LogP contribution in [-0.2, 0) is 65.4 Å². The van der Waals surface area contributed by atoms with Gasteiger partial charge in [-0.3, -0.25) is 37.3 Å². The summed E-state index contributed by atoms with van der Waals surface area (Å²) in [6.45, 7) is 7.20. The van der Waals surface area contributed by atoms with Crippen molar-refractivity contribution < 1.29 is 80.2 Å². The molecule has 0 heterocycles. The van der Waals surface area contributed by atoms with Gasteiger partial charge in [0.2, 0.25) is 0 Å². The third-order valence-electron chi connectivity index (χ3n) is 17.4. The number of phosphoric acid groups is 2. The molecule has 96 heavy (non-hydrogen) atoms. The van der Waals surface area contributed by atoms with Crippen LogP contribution in [0.3, 0.4) is 0 Å². The van der Waals surface area contributed by atoms with Crippen molar-refractivity contribution in [2.24, 2.45) is 5.92 Å². The molecule has 0 rings (SSSR count). The number of phosphoric ester groups is 2. The molecule has 0 aromatic carbocycles. The Morgan fingerprint density at radius 1 is 0.323 bits per heavy atom. The van der Waals surface area contributed by atoms with Gasteiger partial charge in [0, 0.05) is 25.7 Å². The van der Waals surface area contributed by atoms with Crippen LogP contribution in [0.25, 0.3) is 0 Å². The van der Waals surface area contributed by atoms with E-state index >= 15 is 0 Å². The number of aliphatic hydroxyl groups is 1. The normalized spacial score (nSPS) is 14.1. The van der Waals surface area contributed by atoms with Crippen molar-refractivity contribution in [3.8, 4) is 0 Å². The molecule has 0 aliphatic heterocycles. The van der Waals surface area contributed by atoms with Crippen molar-refractivity contribution in [3.63, 3.8) is 0 Å². The van der Waals surface area contributed by atoms with Gasteiger partial charge in [-0.25, -0.2) is 9.13 Å². The number of esters is 4. The van der Waals surface area contributed by atoms with Gasteiger partial charge >= 0.3 is 39.5 Å². The van der Waals surface area contributed by atoms with Crippen LogP contribution in [0.1, 0.15) is 381 Å². The first-order chi connectivity index (χ1) is 46.5. The van der Waals surface area contributed by atoms with E-state index in [-0.39, 0.29) is 25.7 Å². The number of aliphatic hydroxyl groups excluding tert-OH is 1. The van der Waals surface area contributed by atoms with Crippen LogP contribution in [0.15, 0.2) is 24.3 Å². The average Bonchev–Trinajstić information content (AvgIpc) is 3.75. The topological polar surface area (TPSA) is 237 Å². The van der Waals surface area contributed by atoms with Gasteiger partial charge in [-0.15, -0.1) is 0 Å². The van der Waals surface area contributed by atoms with E-state index in [0.717, 1.165) is 128 Å². The minimum absolute atomic E-state index is 0.102. The lowest BCUT2D eigenvalue weighted by atomic mass is 10.0. The lowest BCUT2D eigenvalue weighted by Crippen LogP contribution is -2.30. The molecule has 5 atom stereocenters. The third-order valence-corrected chi connectivity index (χ3v) is 19.3. The van der Waals surface area contributed by atoms with Crippen molar-refractivity contribution in [1.29, 1.82) is 0 Å². The zero-order valence-corrected chi connectivity index (χ0v) is 63.8. The largest absolute Gasteiger partial charge is 0.472 e. The van der Waals surface area contributed by atoms with Gasteiger partial charge in [-0.05, 0) is 57.3 Å². The highest BCUT2D eigenvalue weighted by Gasteiger charge is 2.30. The number of hydrogen-bond acceptors (Lipinski definition) is 15. The minimum atomic E-state index is -4.96. The molecular formula is C77H146O17P2. The number of rotatable bonds is 75. The smallest absolute Gasteiger partial charge is 0.462 e. The van der Waals surface area contributed by atoms with Crippen LogP contribution in [0.5, 0.6) is 0 Å². The van der Waals surface area contributed by atoms with Gasteiger partial charge in [0.15, 0.2) is 12.2 Å². The molecule has 566 valence electrons. The van der Waals surface area contributed by atoms with Crippen LogP contribution in [-0.4, -0.2) is 96.7 Å². The Balaban J connectivity index is 5.22. The fraction of sp³-hybridized carbons (Fsp3) is 0.896. The summed E-state index contributed by atoms with van der Waals surface area (Å²) in [7, 11) is -9.92. The molecule has 17 nitrogen and oxygen atoms in total. The van der Waals surface area contributed by atoms with Crippen molar-refractivity contribution >= 4 is 39.5 Å². The molecule has 0 bridgehead atoms. The second-order valence-electron chi connectivity index (χ2n) is 27.5. The monoisotopic (exact) mass is 1410 g/mol. The first-order valence-corrected chi connectivity index (χ1v) is 42.4. The molecule has 3 N–H and O–H groups in total. The second kappa shape index (κ2) is 69.6. The van der Waals surface area contributed by atoms with E-state index < -0.39 is 97.5 Å². The molecule has 0 saturated carbocycles. The maximum Gasteiger partial charge on any atom is 0.472 e. The van der Waals surface area contributed by atoms with E-state index in [9.17, 15) is 43.2 Å². The molecule has 19 heteroatoms. The Labute approximate surface area is 586 Å². The van der Waals surface area contributed by atoms with E-state index in [1.807, 2.05) is 0 Å². The lowest BCUT2D eigenvalue weighted by molar-refractivity contribution is -0.161. The van der Waals surface area contributed by atoms with Crippen LogP contribution in [0, 0.1) is 5.92 Å². The molecule has 0 fully saturated rings. The molecule has 0 aromatic heterocycles. The van der Waals surface area contributed by atoms with Gasteiger partial charge in [-0.2, -0.15) is 0 Å². The maximum atomic E-state index is 13.1. The Bertz CT molecular complexity index is 1930. The lowest BCUT2D eigenvalue weighted by Gasteiger charge is -2.21. The van der Waals surface area contributed by atoms with Crippen molar-refractivity contribution in [2.45, 2.75) is 400 Å². The number of ether oxygens (including phenoxy) is 4. The molecule has 0 aromatic rings. The first kappa shape index (κ1) is 93.5. The predicted molar refractivity (Wildman–Crippen MR) is 391 cm³/mol. The Hall–Kier alpha value is -2.46. The predicted octanol–water partition coefficient (Wildman–Crippen LogP) is 22.4. The number of carbonyl (C=O) groups excluding carboxylic acids is 4. The number of carbonyl (C=O) groups is 4. The zero-order chi connectivity index (χ0) is 70.5. The van der Waals surface area contributed by atoms with Gasteiger partial charge in [0.1, 0.15) is 19.3 Å². The van der Waals surface area contributed by atoms with E-state index in [1.165, 1.54) is 173 Å². The zero-order valence-electron chi connectivity index (χ0n) is 62.0. The third kappa shape index (κ3) is 70.0. The van der Waals surface area contributed by atoms with Crippen molar-refractivity contribution in [3.05, 3.63) is 24.3 Å². The summed E-state index contributed by atoms with van der Waals surface area (Å²) in [4.78, 5) is 72.7. The quantitative estimate of drug-likeness (QED) is 0.0169. The number of unbranched alkanes of at least 4 members (excludes halogenated alkanes) is 44. The van der Waals surface area contributed by atoms with Crippen LogP contribution in [0.4, 0.5) is 0 Å². The standard InChI is InChI=1S/C77H146O17P2/c1-6-9-12-15-18-20-22-24-26-27-28-29-31-33-38-42-47-52-57-62-77(82)94-73(67-88-75(80)61-56-51-46-41-37-32-30-25-23-21-19-16-13-10-7-2)69-92-96(85,86)90-65-71(78)64-89-95(83,84)91-68-72(66-87-74(79)60-55-50-44-17-14-11-8-3)93-76(81)63-58-53-48-43-39-35-34-36-40-45-49-54-59-70(4)5/h21,23,25,30,70-73,78H,6-20,22,24,26-29,31-69H2,1-5H3,(H,83,84)(H,85,86)/b23-21-,30-25-/t71-,72+,73+/m0/s1. The second-order valence-corrected chi connectivity index (χ2v) is 30.4. The van der Waals surface area contributed by atoms with E-state index in [0.29, 0.717) is 25.7 Å². The molecule has 0 aliphatic rings. The van der Waals surface area contributed by atoms with E-state index in [4.69, 9.17) is 37.0 Å². The minimum Gasteiger partial charge on any atom is -0.462 e. The van der Waals surface area contributed by atoms with Crippen LogP contribution < -0.4 is 0 Å². The molecule has 0 spiro atoms. The fourth-order valence-electron chi connectivity index (χ4n) is 11.3. The molecule has 0 aliphatic carbocycles. The fourth-order valence-corrected chi connectivity index (χ4v) is 12.9. The maximum absolute atomic E-state index is 13.1. The highest BCUT2D eigenvalue weighted by molar-refractivity contribution is 7.47. The first-order valence-electron chi connectivity index (χ1n) is 39.5. The summed E-state index contributed by atoms with van der Waals surface area (Å²) in [5.74, 6) is -1.37. The van der Waals surface area contributed by atoms with E-state index in [1.54, 1.807) is 0 Å². The summed E-state index contributed by atoms with van der Waals surface area (Å²) in [5, 5.41) is 10.6. The summed E-state index contributed by atoms with van der Waals surface area (Å²) in [6, 6.07) is 0. The summed E-state index contributed by atoms with van der Waals surface area (Å²) >= 11 is 0. The molecule has 0 saturated heterocycles. The van der Waals surface area contributed by atoms with Crippen LogP contribution >= 0.6 is 15.6 Å². The SMILES string of the molecule is CCCCCC/C=C\C=C/CCCCCCCC(=O)OC[C@H](COP(=O)(O)OC[C@@H](O)COP(=O)(O)OC[C@@H](COC(=O)CCCCCCCCC)OC(=O)CCCCCCCCCCCCCCC(C)C)OC(=O)CCCCCCCCCCCCCCCCCCCCC. The Morgan fingerprint density at radius 3 is 0.854 bits per heavy atom. The number of allylic oxidation sites excluding steroid dienone is 4. The molecule has 0 radical (unpaired) electrons. The summed E-state index contributed by atoms with van der Waals surface area (Å²) in [5.41, 5.74) is 0. The van der Waals surface area contributed by atoms with Gasteiger partial charge in [0.25, 0.3) is 0 Å². The van der Waals surface area contributed by atoms with E-state index in [2.05, 4.69) is 58.9 Å². The van der Waals surface area contributed by atoms with Crippen molar-refractivity contribution in [1.82, 2.24) is 0 Å². The van der Waals surface area contributed by atoms with Gasteiger partial charge < -0.3 is 33.8 Å². The van der Waals surface area contributed by atoms with Gasteiger partial charge in [-0.1, -0.05) is 329 Å². The van der Waals surface area contributed by atoms with Crippen LogP contribution in [0.2, 0.25) is 0 Å². The molecule has 0 amide bonds. The van der Waals surface area contributed by atoms with Crippen molar-refractivity contribution in [2.75, 3.05) is 39.6 Å².